The zero-order valence-corrected chi connectivity index (χ0v) is 14.2. The monoisotopic (exact) mass is 399 g/mol. The maximum absolute atomic E-state index is 12.0. The Bertz CT molecular complexity index is 614. The SMILES string of the molecule is Cc1cc(NC(=O)Cc2ccc(Cl)cc2)cc(C)c1I. The first-order valence-corrected chi connectivity index (χ1v) is 7.72. The van der Waals surface area contributed by atoms with Crippen molar-refractivity contribution >= 4 is 45.8 Å². The summed E-state index contributed by atoms with van der Waals surface area (Å²) < 4.78 is 1.23. The molecule has 0 heterocycles. The van der Waals surface area contributed by atoms with Crippen LogP contribution in [0.3, 0.4) is 0 Å². The Morgan fingerprint density at radius 3 is 2.25 bits per heavy atom. The van der Waals surface area contributed by atoms with Crippen LogP contribution in [0.5, 0.6) is 0 Å². The number of nitrogens with one attached hydrogen (secondary N) is 1. The third-order valence-electron chi connectivity index (χ3n) is 3.00. The fraction of sp³-hybridized carbons (Fsp3) is 0.188. The van der Waals surface area contributed by atoms with Crippen molar-refractivity contribution in [2.45, 2.75) is 20.3 Å². The van der Waals surface area contributed by atoms with Gasteiger partial charge in [0.2, 0.25) is 5.91 Å². The standard InChI is InChI=1S/C16H15ClINO/c1-10-7-14(8-11(2)16(10)18)19-15(20)9-12-3-5-13(17)6-4-12/h3-8H,9H2,1-2H3,(H,19,20). The first-order chi connectivity index (χ1) is 9.45. The van der Waals surface area contributed by atoms with Gasteiger partial charge in [-0.05, 0) is 77.4 Å². The molecule has 0 aliphatic rings. The predicted octanol–water partition coefficient (Wildman–Crippen LogP) is 4.74. The van der Waals surface area contributed by atoms with Gasteiger partial charge in [-0.2, -0.15) is 0 Å². The Morgan fingerprint density at radius 1 is 1.15 bits per heavy atom. The molecule has 1 amide bonds. The molecule has 0 atom stereocenters. The molecule has 0 spiro atoms. The summed E-state index contributed by atoms with van der Waals surface area (Å²) in [6.07, 6.45) is 0.348. The quantitative estimate of drug-likeness (QED) is 0.742. The van der Waals surface area contributed by atoms with E-state index in [1.165, 1.54) is 14.7 Å². The molecule has 104 valence electrons. The lowest BCUT2D eigenvalue weighted by Gasteiger charge is -2.10. The van der Waals surface area contributed by atoms with Crippen LogP contribution in [-0.2, 0) is 11.2 Å². The average molecular weight is 400 g/mol. The van der Waals surface area contributed by atoms with Crippen LogP contribution in [0, 0.1) is 17.4 Å². The number of amides is 1. The summed E-state index contributed by atoms with van der Waals surface area (Å²) in [6.45, 7) is 4.09. The van der Waals surface area contributed by atoms with Crippen molar-refractivity contribution in [1.82, 2.24) is 0 Å². The highest BCUT2D eigenvalue weighted by Crippen LogP contribution is 2.21. The van der Waals surface area contributed by atoms with E-state index in [2.05, 4.69) is 27.9 Å². The van der Waals surface area contributed by atoms with Gasteiger partial charge >= 0.3 is 0 Å². The Morgan fingerprint density at radius 2 is 1.70 bits per heavy atom. The molecule has 0 aromatic heterocycles. The molecule has 1 N–H and O–H groups in total. The molecule has 4 heteroatoms. The van der Waals surface area contributed by atoms with Crippen LogP contribution in [0.4, 0.5) is 5.69 Å². The summed E-state index contributed by atoms with van der Waals surface area (Å²) in [6, 6.07) is 11.3. The second-order valence-electron chi connectivity index (χ2n) is 4.78. The summed E-state index contributed by atoms with van der Waals surface area (Å²) in [5.74, 6) is -0.0210. The molecule has 0 unspecified atom stereocenters. The highest BCUT2D eigenvalue weighted by molar-refractivity contribution is 14.1. The van der Waals surface area contributed by atoms with Crippen molar-refractivity contribution in [1.29, 1.82) is 0 Å². The molecule has 0 fully saturated rings. The largest absolute Gasteiger partial charge is 0.326 e. The number of carbonyl (C=O) groups excluding carboxylic acids is 1. The van der Waals surface area contributed by atoms with Crippen LogP contribution in [-0.4, -0.2) is 5.91 Å². The molecule has 2 nitrogen and oxygen atoms in total. The molecule has 0 saturated heterocycles. The van der Waals surface area contributed by atoms with Crippen LogP contribution >= 0.6 is 34.2 Å². The molecule has 20 heavy (non-hydrogen) atoms. The van der Waals surface area contributed by atoms with Crippen molar-refractivity contribution in [3.05, 3.63) is 61.7 Å². The molecule has 2 aromatic carbocycles. The number of benzene rings is 2. The lowest BCUT2D eigenvalue weighted by atomic mass is 10.1. The summed E-state index contributed by atoms with van der Waals surface area (Å²) in [4.78, 5) is 12.0. The maximum atomic E-state index is 12.0. The van der Waals surface area contributed by atoms with Crippen molar-refractivity contribution in [3.8, 4) is 0 Å². The average Bonchev–Trinajstić information content (AvgIpc) is 2.38. The van der Waals surface area contributed by atoms with E-state index in [0.29, 0.717) is 11.4 Å². The van der Waals surface area contributed by atoms with Gasteiger partial charge < -0.3 is 5.32 Å². The summed E-state index contributed by atoms with van der Waals surface area (Å²) in [7, 11) is 0. The van der Waals surface area contributed by atoms with Gasteiger partial charge in [0.1, 0.15) is 0 Å². The molecule has 2 aromatic rings. The number of hydrogen-bond donors (Lipinski definition) is 1. The molecule has 0 saturated carbocycles. The Labute approximate surface area is 137 Å². The second kappa shape index (κ2) is 6.59. The van der Waals surface area contributed by atoms with Crippen LogP contribution < -0.4 is 5.32 Å². The molecule has 0 bridgehead atoms. The van der Waals surface area contributed by atoms with E-state index in [-0.39, 0.29) is 5.91 Å². The zero-order chi connectivity index (χ0) is 14.7. The third-order valence-corrected chi connectivity index (χ3v) is 4.95. The van der Waals surface area contributed by atoms with Crippen molar-refractivity contribution in [2.75, 3.05) is 5.32 Å². The number of anilines is 1. The van der Waals surface area contributed by atoms with E-state index in [1.54, 1.807) is 12.1 Å². The van der Waals surface area contributed by atoms with E-state index in [9.17, 15) is 4.79 Å². The van der Waals surface area contributed by atoms with E-state index in [4.69, 9.17) is 11.6 Å². The van der Waals surface area contributed by atoms with E-state index in [0.717, 1.165) is 11.3 Å². The number of halogens is 2. The van der Waals surface area contributed by atoms with Crippen molar-refractivity contribution < 1.29 is 4.79 Å². The van der Waals surface area contributed by atoms with E-state index in [1.807, 2.05) is 38.1 Å². The van der Waals surface area contributed by atoms with Gasteiger partial charge in [0.05, 0.1) is 6.42 Å². The second-order valence-corrected chi connectivity index (χ2v) is 6.29. The summed E-state index contributed by atoms with van der Waals surface area (Å²) >= 11 is 8.14. The molecular formula is C16H15ClINO. The number of aryl methyl sites for hydroxylation is 2. The van der Waals surface area contributed by atoms with Crippen molar-refractivity contribution in [2.24, 2.45) is 0 Å². The molecule has 2 rings (SSSR count). The maximum Gasteiger partial charge on any atom is 0.228 e. The minimum Gasteiger partial charge on any atom is -0.326 e. The van der Waals surface area contributed by atoms with Gasteiger partial charge in [-0.1, -0.05) is 23.7 Å². The lowest BCUT2D eigenvalue weighted by Crippen LogP contribution is -2.14. The normalized spacial score (nSPS) is 10.4. The van der Waals surface area contributed by atoms with Crippen molar-refractivity contribution in [3.63, 3.8) is 0 Å². The van der Waals surface area contributed by atoms with Gasteiger partial charge in [-0.3, -0.25) is 4.79 Å². The topological polar surface area (TPSA) is 29.1 Å². The highest BCUT2D eigenvalue weighted by atomic mass is 127. The predicted molar refractivity (Wildman–Crippen MR) is 92.4 cm³/mol. The third kappa shape index (κ3) is 3.96. The zero-order valence-electron chi connectivity index (χ0n) is 11.3. The summed E-state index contributed by atoms with van der Waals surface area (Å²) in [5.41, 5.74) is 4.14. The Balaban J connectivity index is 2.06. The minimum atomic E-state index is -0.0210. The smallest absolute Gasteiger partial charge is 0.228 e. The van der Waals surface area contributed by atoms with Gasteiger partial charge in [-0.25, -0.2) is 0 Å². The summed E-state index contributed by atoms with van der Waals surface area (Å²) in [5, 5.41) is 3.62. The van der Waals surface area contributed by atoms with Gasteiger partial charge in [0.25, 0.3) is 0 Å². The van der Waals surface area contributed by atoms with Gasteiger partial charge in [0.15, 0.2) is 0 Å². The Hall–Kier alpha value is -1.07. The number of rotatable bonds is 3. The van der Waals surface area contributed by atoms with Gasteiger partial charge in [0, 0.05) is 14.3 Å². The Kier molecular flexibility index (Phi) is 5.05. The number of hydrogen-bond acceptors (Lipinski definition) is 1. The number of carbonyl (C=O) groups is 1. The fourth-order valence-corrected chi connectivity index (χ4v) is 2.45. The van der Waals surface area contributed by atoms with Crippen LogP contribution in [0.25, 0.3) is 0 Å². The van der Waals surface area contributed by atoms with E-state index < -0.39 is 0 Å². The van der Waals surface area contributed by atoms with Crippen LogP contribution in [0.2, 0.25) is 5.02 Å². The molecular weight excluding hydrogens is 385 g/mol. The minimum absolute atomic E-state index is 0.0210. The lowest BCUT2D eigenvalue weighted by molar-refractivity contribution is -0.115. The fourth-order valence-electron chi connectivity index (χ4n) is 2.01. The van der Waals surface area contributed by atoms with E-state index >= 15 is 0 Å². The first kappa shape index (κ1) is 15.3. The van der Waals surface area contributed by atoms with Crippen LogP contribution in [0.1, 0.15) is 16.7 Å². The van der Waals surface area contributed by atoms with Gasteiger partial charge in [-0.15, -0.1) is 0 Å². The molecule has 0 radical (unpaired) electrons. The molecule has 0 aliphatic heterocycles. The van der Waals surface area contributed by atoms with Crippen LogP contribution in [0.15, 0.2) is 36.4 Å². The first-order valence-electron chi connectivity index (χ1n) is 6.27. The molecule has 0 aliphatic carbocycles. The highest BCUT2D eigenvalue weighted by Gasteiger charge is 2.07.